The standard InChI is InChI=1S/C18H18N2O/c1-19-11-14-10-15(21-2)6-7-16(14)17-5-3-4-13-8-9-20-12-18(13)17/h3-10,12,19H,11H2,1-2H3. The highest BCUT2D eigenvalue weighted by Gasteiger charge is 2.09. The van der Waals surface area contributed by atoms with Gasteiger partial charge in [-0.15, -0.1) is 0 Å². The number of fused-ring (bicyclic) bond motifs is 1. The molecule has 0 bridgehead atoms. The average molecular weight is 278 g/mol. The minimum Gasteiger partial charge on any atom is -0.497 e. The predicted molar refractivity (Wildman–Crippen MR) is 86.5 cm³/mol. The molecule has 0 unspecified atom stereocenters. The van der Waals surface area contributed by atoms with Gasteiger partial charge in [-0.25, -0.2) is 0 Å². The minimum absolute atomic E-state index is 0.795. The summed E-state index contributed by atoms with van der Waals surface area (Å²) >= 11 is 0. The van der Waals surface area contributed by atoms with Crippen molar-refractivity contribution in [3.63, 3.8) is 0 Å². The summed E-state index contributed by atoms with van der Waals surface area (Å²) in [5.41, 5.74) is 3.63. The highest BCUT2D eigenvalue weighted by Crippen LogP contribution is 2.32. The molecule has 0 aliphatic carbocycles. The van der Waals surface area contributed by atoms with Crippen LogP contribution in [0.25, 0.3) is 21.9 Å². The van der Waals surface area contributed by atoms with E-state index in [0.29, 0.717) is 0 Å². The van der Waals surface area contributed by atoms with Gasteiger partial charge in [0.2, 0.25) is 0 Å². The van der Waals surface area contributed by atoms with E-state index >= 15 is 0 Å². The number of rotatable bonds is 4. The molecule has 0 amide bonds. The molecular formula is C18H18N2O. The van der Waals surface area contributed by atoms with Crippen molar-refractivity contribution in [2.75, 3.05) is 14.2 Å². The van der Waals surface area contributed by atoms with Crippen molar-refractivity contribution in [2.45, 2.75) is 6.54 Å². The van der Waals surface area contributed by atoms with E-state index in [4.69, 9.17) is 4.74 Å². The van der Waals surface area contributed by atoms with Crippen LogP contribution in [0.5, 0.6) is 5.75 Å². The Kier molecular flexibility index (Phi) is 3.84. The van der Waals surface area contributed by atoms with Gasteiger partial charge in [-0.05, 0) is 47.3 Å². The van der Waals surface area contributed by atoms with Gasteiger partial charge in [0.25, 0.3) is 0 Å². The summed E-state index contributed by atoms with van der Waals surface area (Å²) in [6, 6.07) is 14.6. The van der Waals surface area contributed by atoms with Gasteiger partial charge in [0.1, 0.15) is 5.75 Å². The molecule has 0 aliphatic heterocycles. The lowest BCUT2D eigenvalue weighted by atomic mass is 9.95. The Bertz CT molecular complexity index is 763. The first-order chi connectivity index (χ1) is 10.3. The van der Waals surface area contributed by atoms with E-state index < -0.39 is 0 Å². The second-order valence-electron chi connectivity index (χ2n) is 4.96. The molecule has 0 aliphatic rings. The molecule has 106 valence electrons. The van der Waals surface area contributed by atoms with E-state index in [9.17, 15) is 0 Å². The van der Waals surface area contributed by atoms with Gasteiger partial charge in [-0.3, -0.25) is 4.98 Å². The Morgan fingerprint density at radius 2 is 2.00 bits per heavy atom. The number of nitrogens with zero attached hydrogens (tertiary/aromatic N) is 1. The second kappa shape index (κ2) is 5.94. The summed E-state index contributed by atoms with van der Waals surface area (Å²) in [6.07, 6.45) is 3.76. The molecule has 1 heterocycles. The molecule has 3 heteroatoms. The zero-order valence-electron chi connectivity index (χ0n) is 12.3. The smallest absolute Gasteiger partial charge is 0.119 e. The number of pyridine rings is 1. The molecule has 21 heavy (non-hydrogen) atoms. The van der Waals surface area contributed by atoms with Gasteiger partial charge in [-0.2, -0.15) is 0 Å². The number of hydrogen-bond donors (Lipinski definition) is 1. The molecule has 3 rings (SSSR count). The molecule has 3 nitrogen and oxygen atoms in total. The maximum absolute atomic E-state index is 5.34. The molecule has 0 saturated carbocycles. The second-order valence-corrected chi connectivity index (χ2v) is 4.96. The lowest BCUT2D eigenvalue weighted by Gasteiger charge is -2.13. The summed E-state index contributed by atoms with van der Waals surface area (Å²) in [5, 5.41) is 5.59. The number of hydrogen-bond acceptors (Lipinski definition) is 3. The van der Waals surface area contributed by atoms with Gasteiger partial charge in [0.15, 0.2) is 0 Å². The first-order valence-electron chi connectivity index (χ1n) is 6.98. The van der Waals surface area contributed by atoms with Crippen molar-refractivity contribution in [1.82, 2.24) is 10.3 Å². The summed E-state index contributed by atoms with van der Waals surface area (Å²) in [5.74, 6) is 0.877. The van der Waals surface area contributed by atoms with E-state index in [1.807, 2.05) is 31.6 Å². The maximum atomic E-state index is 5.34. The van der Waals surface area contributed by atoms with E-state index in [1.165, 1.54) is 27.5 Å². The number of ether oxygens (including phenoxy) is 1. The molecule has 2 aromatic carbocycles. The lowest BCUT2D eigenvalue weighted by Crippen LogP contribution is -2.06. The topological polar surface area (TPSA) is 34.1 Å². The van der Waals surface area contributed by atoms with E-state index in [1.54, 1.807) is 7.11 Å². The van der Waals surface area contributed by atoms with E-state index in [0.717, 1.165) is 12.3 Å². The third kappa shape index (κ3) is 2.60. The van der Waals surface area contributed by atoms with Crippen molar-refractivity contribution in [3.8, 4) is 16.9 Å². The van der Waals surface area contributed by atoms with Crippen LogP contribution in [-0.2, 0) is 6.54 Å². The summed E-state index contributed by atoms with van der Waals surface area (Å²) < 4.78 is 5.34. The molecule has 0 spiro atoms. The number of nitrogens with one attached hydrogen (secondary N) is 1. The SMILES string of the molecule is CNCc1cc(OC)ccc1-c1cccc2ccncc12. The van der Waals surface area contributed by atoms with Crippen LogP contribution >= 0.6 is 0 Å². The molecule has 0 fully saturated rings. The largest absolute Gasteiger partial charge is 0.497 e. The molecular weight excluding hydrogens is 260 g/mol. The molecule has 0 radical (unpaired) electrons. The summed E-state index contributed by atoms with van der Waals surface area (Å²) in [6.45, 7) is 0.795. The van der Waals surface area contributed by atoms with Crippen LogP contribution in [-0.4, -0.2) is 19.1 Å². The van der Waals surface area contributed by atoms with Crippen molar-refractivity contribution >= 4 is 10.8 Å². The Morgan fingerprint density at radius 3 is 2.81 bits per heavy atom. The first-order valence-corrected chi connectivity index (χ1v) is 6.98. The quantitative estimate of drug-likeness (QED) is 0.791. The third-order valence-corrected chi connectivity index (χ3v) is 3.65. The van der Waals surface area contributed by atoms with Gasteiger partial charge in [0, 0.05) is 24.3 Å². The zero-order chi connectivity index (χ0) is 14.7. The number of aromatic nitrogens is 1. The van der Waals surface area contributed by atoms with Gasteiger partial charge >= 0.3 is 0 Å². The summed E-state index contributed by atoms with van der Waals surface area (Å²) in [4.78, 5) is 4.27. The first kappa shape index (κ1) is 13.6. The molecule has 0 saturated heterocycles. The highest BCUT2D eigenvalue weighted by molar-refractivity contribution is 5.96. The fourth-order valence-corrected chi connectivity index (χ4v) is 2.64. The number of benzene rings is 2. The molecule has 1 N–H and O–H groups in total. The predicted octanol–water partition coefficient (Wildman–Crippen LogP) is 3.63. The van der Waals surface area contributed by atoms with E-state index in [2.05, 4.69) is 40.6 Å². The fourth-order valence-electron chi connectivity index (χ4n) is 2.64. The zero-order valence-corrected chi connectivity index (χ0v) is 12.3. The van der Waals surface area contributed by atoms with E-state index in [-0.39, 0.29) is 0 Å². The Labute approximate surface area is 124 Å². The Morgan fingerprint density at radius 1 is 1.10 bits per heavy atom. The van der Waals surface area contributed by atoms with Crippen molar-refractivity contribution in [3.05, 3.63) is 60.4 Å². The average Bonchev–Trinajstić information content (AvgIpc) is 2.55. The van der Waals surface area contributed by atoms with Crippen molar-refractivity contribution in [2.24, 2.45) is 0 Å². The van der Waals surface area contributed by atoms with Crippen molar-refractivity contribution in [1.29, 1.82) is 0 Å². The minimum atomic E-state index is 0.795. The highest BCUT2D eigenvalue weighted by atomic mass is 16.5. The normalized spacial score (nSPS) is 10.8. The Hall–Kier alpha value is -2.39. The monoisotopic (exact) mass is 278 g/mol. The fraction of sp³-hybridized carbons (Fsp3) is 0.167. The van der Waals surface area contributed by atoms with Crippen LogP contribution < -0.4 is 10.1 Å². The summed E-state index contributed by atoms with van der Waals surface area (Å²) in [7, 11) is 3.65. The lowest BCUT2D eigenvalue weighted by molar-refractivity contribution is 0.414. The van der Waals surface area contributed by atoms with Crippen LogP contribution in [0.1, 0.15) is 5.56 Å². The maximum Gasteiger partial charge on any atom is 0.119 e. The molecule has 1 aromatic heterocycles. The third-order valence-electron chi connectivity index (χ3n) is 3.65. The van der Waals surface area contributed by atoms with Gasteiger partial charge in [-0.1, -0.05) is 24.3 Å². The van der Waals surface area contributed by atoms with Crippen LogP contribution in [0, 0.1) is 0 Å². The van der Waals surface area contributed by atoms with Crippen molar-refractivity contribution < 1.29 is 4.74 Å². The van der Waals surface area contributed by atoms with Crippen LogP contribution in [0.15, 0.2) is 54.9 Å². The molecule has 0 atom stereocenters. The van der Waals surface area contributed by atoms with Crippen LogP contribution in [0.4, 0.5) is 0 Å². The van der Waals surface area contributed by atoms with Gasteiger partial charge in [0.05, 0.1) is 7.11 Å². The van der Waals surface area contributed by atoms with Gasteiger partial charge < -0.3 is 10.1 Å². The Balaban J connectivity index is 2.22. The van der Waals surface area contributed by atoms with Crippen LogP contribution in [0.3, 0.4) is 0 Å². The molecule has 3 aromatic rings. The number of methoxy groups -OCH3 is 1. The van der Waals surface area contributed by atoms with Crippen LogP contribution in [0.2, 0.25) is 0 Å².